The summed E-state index contributed by atoms with van der Waals surface area (Å²) in [4.78, 5) is 4.30. The Labute approximate surface area is 91.6 Å². The molecule has 1 heterocycles. The summed E-state index contributed by atoms with van der Waals surface area (Å²) in [6, 6.07) is 5.57. The molecule has 15 heavy (non-hydrogen) atoms. The number of methoxy groups -OCH3 is 1. The Morgan fingerprint density at radius 1 is 1.47 bits per heavy atom. The molecule has 0 spiro atoms. The van der Waals surface area contributed by atoms with Gasteiger partial charge in [0, 0.05) is 7.11 Å². The summed E-state index contributed by atoms with van der Waals surface area (Å²) in [6.07, 6.45) is 1.92. The van der Waals surface area contributed by atoms with Crippen molar-refractivity contribution in [1.29, 1.82) is 0 Å². The first-order valence-corrected chi connectivity index (χ1v) is 5.63. The third kappa shape index (κ3) is 2.08. The lowest BCUT2D eigenvalue weighted by atomic mass is 10.3. The minimum absolute atomic E-state index is 0.209. The first-order valence-electron chi connectivity index (χ1n) is 4.40. The Hall–Kier alpha value is -1.20. The van der Waals surface area contributed by atoms with Crippen LogP contribution in [-0.2, 0) is 4.74 Å². The molecular weight excluding hydrogens is 214 g/mol. The predicted octanol–water partition coefficient (Wildman–Crippen LogP) is 2.53. The van der Waals surface area contributed by atoms with Crippen molar-refractivity contribution < 1.29 is 13.9 Å². The molecule has 4 nitrogen and oxygen atoms in total. The Balaban J connectivity index is 2.40. The zero-order valence-electron chi connectivity index (χ0n) is 8.52. The summed E-state index contributed by atoms with van der Waals surface area (Å²) < 4.78 is 15.7. The highest BCUT2D eigenvalue weighted by atomic mass is 32.2. The van der Waals surface area contributed by atoms with Crippen molar-refractivity contribution in [2.24, 2.45) is 0 Å². The van der Waals surface area contributed by atoms with Crippen LogP contribution in [-0.4, -0.2) is 25.1 Å². The number of thioether (sulfide) groups is 1. The number of aromatic nitrogens is 1. The number of oxazole rings is 1. The lowest BCUT2D eigenvalue weighted by Gasteiger charge is -2.03. The normalized spacial score (nSPS) is 10.8. The maximum absolute atomic E-state index is 5.47. The van der Waals surface area contributed by atoms with Crippen molar-refractivity contribution in [1.82, 2.24) is 4.98 Å². The van der Waals surface area contributed by atoms with Gasteiger partial charge in [-0.3, -0.25) is 0 Å². The van der Waals surface area contributed by atoms with Gasteiger partial charge in [0.05, 0.1) is 0 Å². The van der Waals surface area contributed by atoms with E-state index in [2.05, 4.69) is 4.98 Å². The molecule has 0 saturated carbocycles. The van der Waals surface area contributed by atoms with Crippen molar-refractivity contribution in [3.05, 3.63) is 18.2 Å². The number of ether oxygens (including phenoxy) is 2. The maximum atomic E-state index is 5.47. The molecule has 1 aromatic carbocycles. The van der Waals surface area contributed by atoms with Crippen LogP contribution in [0, 0.1) is 0 Å². The summed E-state index contributed by atoms with van der Waals surface area (Å²) in [6.45, 7) is 0.209. The number of benzene rings is 1. The molecule has 0 saturated heterocycles. The van der Waals surface area contributed by atoms with Crippen LogP contribution in [0.3, 0.4) is 0 Å². The van der Waals surface area contributed by atoms with Crippen molar-refractivity contribution in [3.8, 4) is 5.75 Å². The summed E-state index contributed by atoms with van der Waals surface area (Å²) in [5, 5.41) is 0.637. The number of rotatable bonds is 4. The topological polar surface area (TPSA) is 44.5 Å². The van der Waals surface area contributed by atoms with Crippen molar-refractivity contribution >= 4 is 22.9 Å². The Kier molecular flexibility index (Phi) is 3.13. The van der Waals surface area contributed by atoms with Gasteiger partial charge in [0.15, 0.2) is 23.6 Å². The van der Waals surface area contributed by atoms with Crippen molar-refractivity contribution in [3.63, 3.8) is 0 Å². The molecule has 80 valence electrons. The third-order valence-corrected chi connectivity index (χ3v) is 2.39. The van der Waals surface area contributed by atoms with Gasteiger partial charge in [-0.15, -0.1) is 0 Å². The quantitative estimate of drug-likeness (QED) is 0.591. The first kappa shape index (κ1) is 10.3. The van der Waals surface area contributed by atoms with Crippen molar-refractivity contribution in [2.75, 3.05) is 20.2 Å². The zero-order chi connectivity index (χ0) is 10.7. The van der Waals surface area contributed by atoms with Crippen LogP contribution in [0.4, 0.5) is 0 Å². The lowest BCUT2D eigenvalue weighted by Crippen LogP contribution is -1.98. The monoisotopic (exact) mass is 225 g/mol. The number of hydrogen-bond acceptors (Lipinski definition) is 5. The summed E-state index contributed by atoms with van der Waals surface area (Å²) >= 11 is 1.46. The van der Waals surface area contributed by atoms with E-state index in [0.717, 1.165) is 11.1 Å². The summed E-state index contributed by atoms with van der Waals surface area (Å²) in [5.41, 5.74) is 1.46. The molecule has 0 amide bonds. The fourth-order valence-corrected chi connectivity index (χ4v) is 1.58. The molecule has 0 aliphatic heterocycles. The van der Waals surface area contributed by atoms with Gasteiger partial charge < -0.3 is 13.9 Å². The molecule has 0 unspecified atom stereocenters. The van der Waals surface area contributed by atoms with E-state index in [-0.39, 0.29) is 6.79 Å². The molecule has 0 N–H and O–H groups in total. The summed E-state index contributed by atoms with van der Waals surface area (Å²) in [7, 11) is 1.58. The van der Waals surface area contributed by atoms with E-state index in [1.54, 1.807) is 7.11 Å². The fraction of sp³-hybridized carbons (Fsp3) is 0.300. The van der Waals surface area contributed by atoms with Crippen LogP contribution in [0.2, 0.25) is 0 Å². The largest absolute Gasteiger partial charge is 0.465 e. The number of nitrogens with zero attached hydrogens (tertiary/aromatic N) is 1. The average Bonchev–Trinajstić information content (AvgIpc) is 2.69. The fourth-order valence-electron chi connectivity index (χ4n) is 1.23. The maximum Gasteiger partial charge on any atom is 0.256 e. The molecule has 0 fully saturated rings. The van der Waals surface area contributed by atoms with Crippen LogP contribution in [0.5, 0.6) is 5.75 Å². The van der Waals surface area contributed by atoms with E-state index in [0.29, 0.717) is 11.0 Å². The Morgan fingerprint density at radius 2 is 2.33 bits per heavy atom. The van der Waals surface area contributed by atoms with E-state index in [4.69, 9.17) is 13.9 Å². The highest BCUT2D eigenvalue weighted by molar-refractivity contribution is 7.98. The van der Waals surface area contributed by atoms with Crippen LogP contribution < -0.4 is 4.74 Å². The average molecular weight is 225 g/mol. The predicted molar refractivity (Wildman–Crippen MR) is 58.3 cm³/mol. The van der Waals surface area contributed by atoms with Crippen LogP contribution >= 0.6 is 11.8 Å². The number of hydrogen-bond donors (Lipinski definition) is 0. The highest BCUT2D eigenvalue weighted by Gasteiger charge is 2.09. The van der Waals surface area contributed by atoms with Gasteiger partial charge in [-0.2, -0.15) is 4.98 Å². The highest BCUT2D eigenvalue weighted by Crippen LogP contribution is 2.28. The molecule has 1 aromatic heterocycles. The van der Waals surface area contributed by atoms with Gasteiger partial charge in [-0.25, -0.2) is 0 Å². The Bertz CT molecular complexity index is 455. The Morgan fingerprint density at radius 3 is 3.07 bits per heavy atom. The molecule has 0 atom stereocenters. The molecule has 0 radical (unpaired) electrons. The van der Waals surface area contributed by atoms with E-state index in [9.17, 15) is 0 Å². The molecule has 2 aromatic rings. The van der Waals surface area contributed by atoms with Gasteiger partial charge in [-0.05, 0) is 18.4 Å². The van der Waals surface area contributed by atoms with E-state index < -0.39 is 0 Å². The molecule has 0 aliphatic rings. The SMILES string of the molecule is COCOc1cccc2oc(SC)nc12. The minimum Gasteiger partial charge on any atom is -0.465 e. The van der Waals surface area contributed by atoms with Crippen molar-refractivity contribution in [2.45, 2.75) is 5.22 Å². The van der Waals surface area contributed by atoms with Gasteiger partial charge >= 0.3 is 0 Å². The van der Waals surface area contributed by atoms with E-state index in [1.165, 1.54) is 11.8 Å². The molecule has 2 rings (SSSR count). The van der Waals surface area contributed by atoms with Crippen LogP contribution in [0.1, 0.15) is 0 Å². The number of para-hydroxylation sites is 1. The molecular formula is C10H11NO3S. The second-order valence-corrected chi connectivity index (χ2v) is 3.60. The standard InChI is InChI=1S/C10H11NO3S/c1-12-6-13-7-4-3-5-8-9(7)11-10(14-8)15-2/h3-5H,6H2,1-2H3. The zero-order valence-corrected chi connectivity index (χ0v) is 9.34. The molecule has 0 bridgehead atoms. The molecule has 5 heteroatoms. The lowest BCUT2D eigenvalue weighted by molar-refractivity contribution is 0.0521. The van der Waals surface area contributed by atoms with E-state index >= 15 is 0 Å². The van der Waals surface area contributed by atoms with Gasteiger partial charge in [0.2, 0.25) is 0 Å². The van der Waals surface area contributed by atoms with Gasteiger partial charge in [0.1, 0.15) is 0 Å². The van der Waals surface area contributed by atoms with E-state index in [1.807, 2.05) is 24.5 Å². The third-order valence-electron chi connectivity index (χ3n) is 1.87. The van der Waals surface area contributed by atoms with Gasteiger partial charge in [-0.1, -0.05) is 17.8 Å². The summed E-state index contributed by atoms with van der Waals surface area (Å²) in [5.74, 6) is 0.679. The van der Waals surface area contributed by atoms with Crippen LogP contribution in [0.15, 0.2) is 27.8 Å². The smallest absolute Gasteiger partial charge is 0.256 e. The first-order chi connectivity index (χ1) is 7.35. The minimum atomic E-state index is 0.209. The second-order valence-electron chi connectivity index (χ2n) is 2.84. The van der Waals surface area contributed by atoms with Crippen LogP contribution in [0.25, 0.3) is 11.1 Å². The molecule has 0 aliphatic carbocycles. The second kappa shape index (κ2) is 4.55. The number of fused-ring (bicyclic) bond motifs is 1. The van der Waals surface area contributed by atoms with Gasteiger partial charge in [0.25, 0.3) is 5.22 Å².